The monoisotopic (exact) mass is 185 g/mol. The Morgan fingerprint density at radius 2 is 1.46 bits per heavy atom. The van der Waals surface area contributed by atoms with Gasteiger partial charge in [-0.25, -0.2) is 0 Å². The molecule has 2 N–H and O–H groups in total. The molecular weight excluding hydrogens is 162 g/mol. The zero-order valence-electron chi connectivity index (χ0n) is 8.60. The Bertz CT molecular complexity index is 113. The van der Waals surface area contributed by atoms with Crippen molar-refractivity contribution >= 4 is 0 Å². The van der Waals surface area contributed by atoms with Gasteiger partial charge in [-0.05, 0) is 12.8 Å². The number of aliphatic hydroxyl groups excluding tert-OH is 1. The van der Waals surface area contributed by atoms with Gasteiger partial charge in [0, 0.05) is 19.2 Å². The van der Waals surface area contributed by atoms with Gasteiger partial charge in [-0.3, -0.25) is 0 Å². The van der Waals surface area contributed by atoms with Gasteiger partial charge < -0.3 is 10.4 Å². The highest BCUT2D eigenvalue weighted by Gasteiger charge is 2.18. The lowest BCUT2D eigenvalue weighted by atomic mass is 10.1. The number of unbranched alkanes of at least 4 members (excludes halogenated alkanes) is 6. The van der Waals surface area contributed by atoms with Crippen LogP contribution in [0.4, 0.5) is 0 Å². The Balaban J connectivity index is 1.63. The Morgan fingerprint density at radius 1 is 0.923 bits per heavy atom. The molecule has 78 valence electrons. The molecule has 1 saturated heterocycles. The lowest BCUT2D eigenvalue weighted by molar-refractivity contribution is 0.282. The molecule has 1 aliphatic heterocycles. The quantitative estimate of drug-likeness (QED) is 0.426. The molecule has 0 bridgehead atoms. The molecule has 0 aromatic rings. The van der Waals surface area contributed by atoms with E-state index in [1.54, 1.807) is 0 Å². The van der Waals surface area contributed by atoms with Crippen LogP contribution in [-0.4, -0.2) is 24.3 Å². The van der Waals surface area contributed by atoms with Crippen LogP contribution < -0.4 is 5.32 Å². The fourth-order valence-electron chi connectivity index (χ4n) is 1.67. The molecule has 0 spiro atoms. The van der Waals surface area contributed by atoms with E-state index < -0.39 is 0 Å². The van der Waals surface area contributed by atoms with Crippen LogP contribution in [0.25, 0.3) is 0 Å². The van der Waals surface area contributed by atoms with Gasteiger partial charge in [0.05, 0.1) is 0 Å². The van der Waals surface area contributed by atoms with Crippen LogP contribution in [0, 0.1) is 0 Å². The first-order chi connectivity index (χ1) is 6.43. The highest BCUT2D eigenvalue weighted by molar-refractivity contribution is 4.82. The van der Waals surface area contributed by atoms with Crippen molar-refractivity contribution in [1.29, 1.82) is 0 Å². The molecule has 0 aromatic heterocycles. The van der Waals surface area contributed by atoms with E-state index in [0.29, 0.717) is 6.61 Å². The molecule has 1 rings (SSSR count). The van der Waals surface area contributed by atoms with Gasteiger partial charge >= 0.3 is 0 Å². The van der Waals surface area contributed by atoms with Gasteiger partial charge in [-0.2, -0.15) is 0 Å². The van der Waals surface area contributed by atoms with Crippen molar-refractivity contribution in [3.8, 4) is 0 Å². The predicted molar refractivity (Wildman–Crippen MR) is 55.8 cm³/mol. The van der Waals surface area contributed by atoms with Gasteiger partial charge in [-0.15, -0.1) is 0 Å². The van der Waals surface area contributed by atoms with E-state index >= 15 is 0 Å². The molecule has 0 saturated carbocycles. The minimum Gasteiger partial charge on any atom is -0.396 e. The maximum absolute atomic E-state index is 8.57. The van der Waals surface area contributed by atoms with Crippen LogP contribution in [-0.2, 0) is 0 Å². The average molecular weight is 185 g/mol. The summed E-state index contributed by atoms with van der Waals surface area (Å²) in [6.45, 7) is 1.63. The third-order valence-corrected chi connectivity index (χ3v) is 2.70. The number of hydrogen-bond donors (Lipinski definition) is 2. The van der Waals surface area contributed by atoms with Gasteiger partial charge in [0.1, 0.15) is 0 Å². The molecule has 0 amide bonds. The van der Waals surface area contributed by atoms with E-state index in [4.69, 9.17) is 5.11 Å². The molecule has 1 aliphatic rings. The van der Waals surface area contributed by atoms with Crippen molar-refractivity contribution < 1.29 is 5.11 Å². The first-order valence-electron chi connectivity index (χ1n) is 5.77. The summed E-state index contributed by atoms with van der Waals surface area (Å²) < 4.78 is 0. The lowest BCUT2D eigenvalue weighted by Crippen LogP contribution is -1.90. The smallest absolute Gasteiger partial charge is 0.0431 e. The van der Waals surface area contributed by atoms with E-state index in [2.05, 4.69) is 5.32 Å². The summed E-state index contributed by atoms with van der Waals surface area (Å²) >= 11 is 0. The Kier molecular flexibility index (Phi) is 6.21. The molecule has 0 aromatic carbocycles. The largest absolute Gasteiger partial charge is 0.396 e. The molecular formula is C11H23NO. The van der Waals surface area contributed by atoms with Crippen molar-refractivity contribution in [2.24, 2.45) is 0 Å². The second-order valence-electron chi connectivity index (χ2n) is 4.09. The SMILES string of the molecule is OCCCCCCCCCC1CN1. The third-order valence-electron chi connectivity index (χ3n) is 2.70. The second-order valence-corrected chi connectivity index (χ2v) is 4.09. The van der Waals surface area contributed by atoms with Gasteiger partial charge in [-0.1, -0.05) is 38.5 Å². The molecule has 0 aliphatic carbocycles. The molecule has 1 fully saturated rings. The summed E-state index contributed by atoms with van der Waals surface area (Å²) in [7, 11) is 0. The molecule has 2 heteroatoms. The van der Waals surface area contributed by atoms with Crippen LogP contribution in [0.3, 0.4) is 0 Å². The Hall–Kier alpha value is -0.0800. The van der Waals surface area contributed by atoms with Crippen molar-refractivity contribution in [1.82, 2.24) is 5.32 Å². The number of rotatable bonds is 9. The van der Waals surface area contributed by atoms with E-state index in [0.717, 1.165) is 12.5 Å². The zero-order valence-corrected chi connectivity index (χ0v) is 8.60. The fraction of sp³-hybridized carbons (Fsp3) is 1.00. The van der Waals surface area contributed by atoms with Crippen LogP contribution in [0.2, 0.25) is 0 Å². The Labute approximate surface area is 81.7 Å². The summed E-state index contributed by atoms with van der Waals surface area (Å²) in [4.78, 5) is 0. The van der Waals surface area contributed by atoms with Gasteiger partial charge in [0.25, 0.3) is 0 Å². The normalized spacial score (nSPS) is 20.5. The lowest BCUT2D eigenvalue weighted by Gasteiger charge is -2.00. The summed E-state index contributed by atoms with van der Waals surface area (Å²) in [5, 5.41) is 11.9. The highest BCUT2D eigenvalue weighted by Crippen LogP contribution is 2.12. The van der Waals surface area contributed by atoms with E-state index in [1.165, 1.54) is 51.5 Å². The molecule has 2 nitrogen and oxygen atoms in total. The topological polar surface area (TPSA) is 42.2 Å². The zero-order chi connectivity index (χ0) is 9.36. The maximum Gasteiger partial charge on any atom is 0.0431 e. The molecule has 13 heavy (non-hydrogen) atoms. The summed E-state index contributed by atoms with van der Waals surface area (Å²) in [5.41, 5.74) is 0. The van der Waals surface area contributed by atoms with Crippen LogP contribution >= 0.6 is 0 Å². The molecule has 1 atom stereocenters. The Morgan fingerprint density at radius 3 is 2.00 bits per heavy atom. The minimum absolute atomic E-state index is 0.368. The first kappa shape index (κ1) is 11.0. The first-order valence-corrected chi connectivity index (χ1v) is 5.77. The van der Waals surface area contributed by atoms with Crippen molar-refractivity contribution in [2.45, 2.75) is 57.4 Å². The predicted octanol–water partition coefficient (Wildman–Crippen LogP) is 2.07. The van der Waals surface area contributed by atoms with Crippen molar-refractivity contribution in [3.05, 3.63) is 0 Å². The molecule has 0 radical (unpaired) electrons. The summed E-state index contributed by atoms with van der Waals surface area (Å²) in [6.07, 6.45) is 10.4. The summed E-state index contributed by atoms with van der Waals surface area (Å²) in [6, 6.07) is 0.870. The van der Waals surface area contributed by atoms with Crippen molar-refractivity contribution in [3.63, 3.8) is 0 Å². The van der Waals surface area contributed by atoms with E-state index in [-0.39, 0.29) is 0 Å². The maximum atomic E-state index is 8.57. The second kappa shape index (κ2) is 7.34. The summed E-state index contributed by atoms with van der Waals surface area (Å²) in [5.74, 6) is 0. The average Bonchev–Trinajstić information content (AvgIpc) is 2.93. The third kappa shape index (κ3) is 7.03. The number of aliphatic hydroxyl groups is 1. The van der Waals surface area contributed by atoms with Crippen LogP contribution in [0.5, 0.6) is 0 Å². The standard InChI is InChI=1S/C11H23NO/c13-9-7-5-3-1-2-4-6-8-11-10-12-11/h11-13H,1-10H2. The van der Waals surface area contributed by atoms with Gasteiger partial charge in [0.15, 0.2) is 0 Å². The molecule has 1 unspecified atom stereocenters. The van der Waals surface area contributed by atoms with E-state index in [9.17, 15) is 0 Å². The van der Waals surface area contributed by atoms with Gasteiger partial charge in [0.2, 0.25) is 0 Å². The minimum atomic E-state index is 0.368. The fourth-order valence-corrected chi connectivity index (χ4v) is 1.67. The molecule has 1 heterocycles. The van der Waals surface area contributed by atoms with Crippen molar-refractivity contribution in [2.75, 3.05) is 13.2 Å². The number of nitrogens with one attached hydrogen (secondary N) is 1. The van der Waals surface area contributed by atoms with Crippen LogP contribution in [0.15, 0.2) is 0 Å². The van der Waals surface area contributed by atoms with Crippen LogP contribution in [0.1, 0.15) is 51.4 Å². The van der Waals surface area contributed by atoms with E-state index in [1.807, 2.05) is 0 Å². The highest BCUT2D eigenvalue weighted by atomic mass is 16.2. The number of hydrogen-bond acceptors (Lipinski definition) is 2.